The molecule has 0 aliphatic carbocycles. The molecule has 152 valence electrons. The summed E-state index contributed by atoms with van der Waals surface area (Å²) in [4.78, 5) is 18.1. The zero-order chi connectivity index (χ0) is 20.6. The fraction of sp³-hybridized carbons (Fsp3) is 0.120. The Morgan fingerprint density at radius 3 is 1.42 bits per heavy atom. The lowest BCUT2D eigenvalue weighted by atomic mass is 10.2. The van der Waals surface area contributed by atoms with Crippen LogP contribution < -0.4 is 19.6 Å². The Kier molecular flexibility index (Phi) is 4.20. The monoisotopic (exact) mass is 406 g/mol. The van der Waals surface area contributed by atoms with Crippen molar-refractivity contribution in [1.29, 1.82) is 0 Å². The Labute approximate surface area is 181 Å². The normalized spacial score (nSPS) is 14.7. The second-order valence-corrected chi connectivity index (χ2v) is 7.76. The van der Waals surface area contributed by atoms with E-state index in [1.807, 2.05) is 36.9 Å². The molecule has 4 aromatic rings. The Morgan fingerprint density at radius 2 is 1.00 bits per heavy atom. The van der Waals surface area contributed by atoms with Gasteiger partial charge in [-0.25, -0.2) is 0 Å². The minimum absolute atomic E-state index is 0.788. The van der Waals surface area contributed by atoms with E-state index in [1.54, 1.807) is 0 Å². The summed E-state index contributed by atoms with van der Waals surface area (Å²) in [6.45, 7) is 2.37. The van der Waals surface area contributed by atoms with Crippen LogP contribution in [-0.2, 0) is 0 Å². The van der Waals surface area contributed by atoms with Gasteiger partial charge in [0.1, 0.15) is 0 Å². The molecule has 31 heavy (non-hydrogen) atoms. The third kappa shape index (κ3) is 3.04. The van der Waals surface area contributed by atoms with E-state index in [0.29, 0.717) is 0 Å². The van der Waals surface area contributed by atoms with Gasteiger partial charge in [-0.2, -0.15) is 0 Å². The Balaban J connectivity index is 1.32. The van der Waals surface area contributed by atoms with Crippen molar-refractivity contribution >= 4 is 34.1 Å². The molecule has 2 aromatic heterocycles. The van der Waals surface area contributed by atoms with E-state index in [0.717, 1.165) is 31.4 Å². The van der Waals surface area contributed by atoms with E-state index in [1.165, 1.54) is 22.7 Å². The summed E-state index contributed by atoms with van der Waals surface area (Å²) in [7, 11) is 0. The lowest BCUT2D eigenvalue weighted by Crippen LogP contribution is -2.40. The van der Waals surface area contributed by atoms with E-state index in [2.05, 4.69) is 90.2 Å². The average Bonchev–Trinajstić information content (AvgIpc) is 3.40. The smallest absolute Gasteiger partial charge is 0.0970 e. The molecular weight excluding hydrogens is 384 g/mol. The van der Waals surface area contributed by atoms with Crippen LogP contribution in [0.5, 0.6) is 0 Å². The Bertz CT molecular complexity index is 1100. The number of fused-ring (bicyclic) bond motifs is 2. The summed E-state index contributed by atoms with van der Waals surface area (Å²) in [5.41, 5.74) is 7.12. The van der Waals surface area contributed by atoms with Crippen LogP contribution >= 0.6 is 0 Å². The quantitative estimate of drug-likeness (QED) is 0.477. The van der Waals surface area contributed by atoms with Gasteiger partial charge in [-0.15, -0.1) is 0 Å². The number of aromatic nitrogens is 2. The third-order valence-corrected chi connectivity index (χ3v) is 5.91. The summed E-state index contributed by atoms with van der Waals surface area (Å²) in [6, 6.07) is 25.4. The molecule has 0 amide bonds. The predicted octanol–water partition coefficient (Wildman–Crippen LogP) is 4.97. The predicted molar refractivity (Wildman–Crippen MR) is 125 cm³/mol. The standard InChI is InChI=1S/C25H22N6/c1-3-11-24-22(9-1)28(18-30(24)20-7-5-13-26-15-20)17-29-19-31(21-8-6-14-27-16-21)25-12-4-2-10-23(25)29/h1-16H,17-19H2. The van der Waals surface area contributed by atoms with E-state index < -0.39 is 0 Å². The van der Waals surface area contributed by atoms with Gasteiger partial charge in [0.25, 0.3) is 0 Å². The number of para-hydroxylation sites is 4. The topological polar surface area (TPSA) is 38.7 Å². The van der Waals surface area contributed by atoms with Gasteiger partial charge in [-0.1, -0.05) is 24.3 Å². The summed E-state index contributed by atoms with van der Waals surface area (Å²) < 4.78 is 0. The molecule has 0 radical (unpaired) electrons. The molecule has 6 heteroatoms. The molecule has 6 nitrogen and oxygen atoms in total. The second kappa shape index (κ2) is 7.32. The maximum atomic E-state index is 4.32. The van der Waals surface area contributed by atoms with Gasteiger partial charge in [0, 0.05) is 12.4 Å². The van der Waals surface area contributed by atoms with E-state index in [-0.39, 0.29) is 0 Å². The van der Waals surface area contributed by atoms with Gasteiger partial charge in [-0.05, 0) is 48.5 Å². The summed E-state index contributed by atoms with van der Waals surface area (Å²) in [5.74, 6) is 0. The summed E-state index contributed by atoms with van der Waals surface area (Å²) in [5, 5.41) is 0. The van der Waals surface area contributed by atoms with Crippen molar-refractivity contribution in [3.8, 4) is 0 Å². The van der Waals surface area contributed by atoms with Gasteiger partial charge in [0.15, 0.2) is 0 Å². The number of nitrogens with zero attached hydrogens (tertiary/aromatic N) is 6. The number of hydrogen-bond donors (Lipinski definition) is 0. The molecule has 0 unspecified atom stereocenters. The molecule has 2 aliphatic heterocycles. The van der Waals surface area contributed by atoms with Crippen molar-refractivity contribution in [2.75, 3.05) is 39.6 Å². The first kappa shape index (κ1) is 17.8. The van der Waals surface area contributed by atoms with Crippen molar-refractivity contribution in [3.05, 3.63) is 97.6 Å². The first-order valence-electron chi connectivity index (χ1n) is 10.4. The zero-order valence-corrected chi connectivity index (χ0v) is 17.0. The maximum Gasteiger partial charge on any atom is 0.0970 e. The van der Waals surface area contributed by atoms with Crippen molar-refractivity contribution in [3.63, 3.8) is 0 Å². The Morgan fingerprint density at radius 1 is 0.548 bits per heavy atom. The third-order valence-electron chi connectivity index (χ3n) is 5.91. The molecule has 0 spiro atoms. The molecular formula is C25H22N6. The van der Waals surface area contributed by atoms with Crippen molar-refractivity contribution in [2.45, 2.75) is 0 Å². The van der Waals surface area contributed by atoms with Gasteiger partial charge < -0.3 is 19.6 Å². The SMILES string of the molecule is c1cncc(N2CN(CN3CN(c4cccnc4)c4ccccc43)c3ccccc32)c1. The van der Waals surface area contributed by atoms with Crippen LogP contribution in [0.2, 0.25) is 0 Å². The molecule has 0 fully saturated rings. The van der Waals surface area contributed by atoms with Crippen LogP contribution in [0.4, 0.5) is 34.1 Å². The molecule has 4 heterocycles. The molecule has 0 N–H and O–H groups in total. The van der Waals surface area contributed by atoms with Crippen LogP contribution in [0.15, 0.2) is 97.6 Å². The molecule has 0 bridgehead atoms. The summed E-state index contributed by atoms with van der Waals surface area (Å²) in [6.07, 6.45) is 7.49. The number of rotatable bonds is 4. The lowest BCUT2D eigenvalue weighted by Gasteiger charge is -2.28. The maximum absolute atomic E-state index is 4.32. The summed E-state index contributed by atoms with van der Waals surface area (Å²) >= 11 is 0. The molecule has 2 aromatic carbocycles. The van der Waals surface area contributed by atoms with Gasteiger partial charge in [0.05, 0.1) is 66.5 Å². The fourth-order valence-corrected chi connectivity index (χ4v) is 4.48. The van der Waals surface area contributed by atoms with E-state index >= 15 is 0 Å². The van der Waals surface area contributed by atoms with Gasteiger partial charge in [0.2, 0.25) is 0 Å². The number of pyridine rings is 2. The first-order valence-corrected chi connectivity index (χ1v) is 10.4. The minimum atomic E-state index is 0.788. The largest absolute Gasteiger partial charge is 0.334 e. The molecule has 0 saturated carbocycles. The highest BCUT2D eigenvalue weighted by molar-refractivity contribution is 5.85. The van der Waals surface area contributed by atoms with Gasteiger partial charge >= 0.3 is 0 Å². The molecule has 0 atom stereocenters. The Hall–Kier alpha value is -4.06. The van der Waals surface area contributed by atoms with E-state index in [9.17, 15) is 0 Å². The van der Waals surface area contributed by atoms with Crippen molar-refractivity contribution < 1.29 is 0 Å². The second-order valence-electron chi connectivity index (χ2n) is 7.76. The van der Waals surface area contributed by atoms with Crippen LogP contribution in [0.1, 0.15) is 0 Å². The number of benzene rings is 2. The minimum Gasteiger partial charge on any atom is -0.334 e. The molecule has 6 rings (SSSR count). The van der Waals surface area contributed by atoms with Crippen LogP contribution in [0.25, 0.3) is 0 Å². The van der Waals surface area contributed by atoms with Crippen molar-refractivity contribution in [1.82, 2.24) is 9.97 Å². The number of anilines is 6. The van der Waals surface area contributed by atoms with Crippen molar-refractivity contribution in [2.24, 2.45) is 0 Å². The highest BCUT2D eigenvalue weighted by atomic mass is 15.5. The highest BCUT2D eigenvalue weighted by Crippen LogP contribution is 2.43. The van der Waals surface area contributed by atoms with Gasteiger partial charge in [-0.3, -0.25) is 9.97 Å². The van der Waals surface area contributed by atoms with Crippen LogP contribution in [0.3, 0.4) is 0 Å². The lowest BCUT2D eigenvalue weighted by molar-refractivity contribution is 0.760. The fourth-order valence-electron chi connectivity index (χ4n) is 4.48. The zero-order valence-electron chi connectivity index (χ0n) is 17.0. The van der Waals surface area contributed by atoms with E-state index in [4.69, 9.17) is 0 Å². The first-order chi connectivity index (χ1) is 15.4. The van der Waals surface area contributed by atoms with Crippen LogP contribution in [0, 0.1) is 0 Å². The molecule has 2 aliphatic rings. The highest BCUT2D eigenvalue weighted by Gasteiger charge is 2.32. The molecule has 0 saturated heterocycles. The van der Waals surface area contributed by atoms with Crippen LogP contribution in [-0.4, -0.2) is 30.0 Å². The number of hydrogen-bond acceptors (Lipinski definition) is 6. The average molecular weight is 406 g/mol.